The number of anilines is 1. The summed E-state index contributed by atoms with van der Waals surface area (Å²) in [5.41, 5.74) is 5.94. The molecule has 0 saturated heterocycles. The maximum Gasteiger partial charge on any atom is 0.168 e. The SMILES string of the molecule is Cc1ncc(NC(N)=S)cn1. The van der Waals surface area contributed by atoms with E-state index in [1.165, 1.54) is 0 Å². The molecular weight excluding hydrogens is 160 g/mol. The molecule has 1 rings (SSSR count). The van der Waals surface area contributed by atoms with E-state index >= 15 is 0 Å². The summed E-state index contributed by atoms with van der Waals surface area (Å²) in [6.07, 6.45) is 3.25. The average molecular weight is 168 g/mol. The molecule has 5 heteroatoms. The number of nitrogens with zero attached hydrogens (tertiary/aromatic N) is 2. The molecule has 0 amide bonds. The summed E-state index contributed by atoms with van der Waals surface area (Å²) >= 11 is 4.62. The Morgan fingerprint density at radius 2 is 2.09 bits per heavy atom. The van der Waals surface area contributed by atoms with E-state index in [0.29, 0.717) is 5.69 Å². The molecule has 0 atom stereocenters. The number of hydrogen-bond donors (Lipinski definition) is 2. The molecule has 0 saturated carbocycles. The Morgan fingerprint density at radius 3 is 2.55 bits per heavy atom. The highest BCUT2D eigenvalue weighted by Gasteiger charge is 1.92. The largest absolute Gasteiger partial charge is 0.376 e. The van der Waals surface area contributed by atoms with Crippen molar-refractivity contribution in [2.24, 2.45) is 5.73 Å². The summed E-state index contributed by atoms with van der Waals surface area (Å²) in [5.74, 6) is 0.721. The van der Waals surface area contributed by atoms with Gasteiger partial charge in [0, 0.05) is 0 Å². The maximum atomic E-state index is 5.23. The highest BCUT2D eigenvalue weighted by Crippen LogP contribution is 2.00. The number of aromatic nitrogens is 2. The van der Waals surface area contributed by atoms with Crippen LogP contribution in [-0.4, -0.2) is 15.1 Å². The lowest BCUT2D eigenvalue weighted by Gasteiger charge is -2.00. The molecule has 0 radical (unpaired) electrons. The van der Waals surface area contributed by atoms with Gasteiger partial charge in [0.1, 0.15) is 5.82 Å². The molecule has 0 aromatic carbocycles. The van der Waals surface area contributed by atoms with Gasteiger partial charge in [0.05, 0.1) is 18.1 Å². The van der Waals surface area contributed by atoms with E-state index in [-0.39, 0.29) is 5.11 Å². The molecule has 11 heavy (non-hydrogen) atoms. The van der Waals surface area contributed by atoms with Crippen molar-refractivity contribution >= 4 is 23.0 Å². The Morgan fingerprint density at radius 1 is 1.55 bits per heavy atom. The fourth-order valence-electron chi connectivity index (χ4n) is 0.599. The molecule has 0 unspecified atom stereocenters. The Labute approximate surface area is 69.8 Å². The number of nitrogens with two attached hydrogens (primary N) is 1. The molecule has 0 aliphatic carbocycles. The second-order valence-electron chi connectivity index (χ2n) is 2.01. The van der Waals surface area contributed by atoms with Crippen molar-refractivity contribution in [3.05, 3.63) is 18.2 Å². The molecule has 0 fully saturated rings. The summed E-state index contributed by atoms with van der Waals surface area (Å²) in [6.45, 7) is 1.81. The molecule has 4 nitrogen and oxygen atoms in total. The van der Waals surface area contributed by atoms with Gasteiger partial charge in [0.25, 0.3) is 0 Å². The zero-order chi connectivity index (χ0) is 8.27. The van der Waals surface area contributed by atoms with Crippen molar-refractivity contribution in [2.45, 2.75) is 6.92 Å². The quantitative estimate of drug-likeness (QED) is 0.596. The summed E-state index contributed by atoms with van der Waals surface area (Å²) in [7, 11) is 0. The Bertz CT molecular complexity index is 256. The first kappa shape index (κ1) is 7.87. The fourth-order valence-corrected chi connectivity index (χ4v) is 0.717. The van der Waals surface area contributed by atoms with Crippen LogP contribution in [-0.2, 0) is 0 Å². The molecule has 0 aliphatic rings. The molecule has 58 valence electrons. The first-order valence-corrected chi connectivity index (χ1v) is 3.44. The molecule has 0 spiro atoms. The Balaban J connectivity index is 2.74. The van der Waals surface area contributed by atoms with E-state index in [9.17, 15) is 0 Å². The smallest absolute Gasteiger partial charge is 0.168 e. The normalized spacial score (nSPS) is 9.18. The zero-order valence-electron chi connectivity index (χ0n) is 6.03. The highest BCUT2D eigenvalue weighted by atomic mass is 32.1. The Hall–Kier alpha value is -1.23. The highest BCUT2D eigenvalue weighted by molar-refractivity contribution is 7.80. The number of thiocarbonyl (C=S) groups is 1. The minimum absolute atomic E-state index is 0.220. The topological polar surface area (TPSA) is 63.8 Å². The van der Waals surface area contributed by atoms with Gasteiger partial charge in [-0.05, 0) is 19.1 Å². The summed E-state index contributed by atoms with van der Waals surface area (Å²) in [4.78, 5) is 7.89. The van der Waals surface area contributed by atoms with E-state index < -0.39 is 0 Å². The number of rotatable bonds is 1. The standard InChI is InChI=1S/C6H8N4S/c1-4-8-2-5(3-9-4)10-6(7)11/h2-3H,1H3,(H3,7,10,11). The van der Waals surface area contributed by atoms with Crippen LogP contribution in [0.15, 0.2) is 12.4 Å². The minimum atomic E-state index is 0.220. The van der Waals surface area contributed by atoms with Crippen molar-refractivity contribution in [1.82, 2.24) is 9.97 Å². The molecule has 0 bridgehead atoms. The van der Waals surface area contributed by atoms with Crippen LogP contribution in [0.25, 0.3) is 0 Å². The lowest BCUT2D eigenvalue weighted by molar-refractivity contribution is 1.06. The maximum absolute atomic E-state index is 5.23. The second kappa shape index (κ2) is 3.25. The predicted octanol–water partition coefficient (Wildman–Crippen LogP) is 0.441. The van der Waals surface area contributed by atoms with Gasteiger partial charge >= 0.3 is 0 Å². The third-order valence-corrected chi connectivity index (χ3v) is 1.15. The number of nitrogens with one attached hydrogen (secondary N) is 1. The second-order valence-corrected chi connectivity index (χ2v) is 2.45. The van der Waals surface area contributed by atoms with Crippen molar-refractivity contribution in [3.63, 3.8) is 0 Å². The molecule has 1 aromatic rings. The third-order valence-electron chi connectivity index (χ3n) is 1.05. The lowest BCUT2D eigenvalue weighted by Crippen LogP contribution is -2.19. The van der Waals surface area contributed by atoms with Crippen molar-refractivity contribution in [3.8, 4) is 0 Å². The van der Waals surface area contributed by atoms with Crippen molar-refractivity contribution in [2.75, 3.05) is 5.32 Å². The van der Waals surface area contributed by atoms with Crippen molar-refractivity contribution in [1.29, 1.82) is 0 Å². The van der Waals surface area contributed by atoms with Gasteiger partial charge < -0.3 is 11.1 Å². The fraction of sp³-hybridized carbons (Fsp3) is 0.167. The summed E-state index contributed by atoms with van der Waals surface area (Å²) in [6, 6.07) is 0. The van der Waals surface area contributed by atoms with E-state index in [2.05, 4.69) is 27.5 Å². The van der Waals surface area contributed by atoms with E-state index in [4.69, 9.17) is 5.73 Å². The molecule has 0 aliphatic heterocycles. The van der Waals surface area contributed by atoms with Gasteiger partial charge in [-0.15, -0.1) is 0 Å². The molecule has 1 aromatic heterocycles. The van der Waals surface area contributed by atoms with E-state index in [1.807, 2.05) is 6.92 Å². The predicted molar refractivity (Wildman–Crippen MR) is 47.2 cm³/mol. The lowest BCUT2D eigenvalue weighted by atomic mass is 10.5. The van der Waals surface area contributed by atoms with Gasteiger partial charge in [-0.3, -0.25) is 0 Å². The van der Waals surface area contributed by atoms with E-state index in [1.54, 1.807) is 12.4 Å². The minimum Gasteiger partial charge on any atom is -0.376 e. The molecule has 3 N–H and O–H groups in total. The van der Waals surface area contributed by atoms with Crippen LogP contribution in [0.3, 0.4) is 0 Å². The summed E-state index contributed by atoms with van der Waals surface area (Å²) < 4.78 is 0. The molecular formula is C6H8N4S. The number of hydrogen-bond acceptors (Lipinski definition) is 3. The van der Waals surface area contributed by atoms with E-state index in [0.717, 1.165) is 5.82 Å². The van der Waals surface area contributed by atoms with Crippen LogP contribution in [0.5, 0.6) is 0 Å². The summed E-state index contributed by atoms with van der Waals surface area (Å²) in [5, 5.41) is 2.94. The average Bonchev–Trinajstić information content (AvgIpc) is 1.93. The number of aryl methyl sites for hydroxylation is 1. The van der Waals surface area contributed by atoms with Crippen LogP contribution in [0.2, 0.25) is 0 Å². The van der Waals surface area contributed by atoms with Crippen LogP contribution in [0, 0.1) is 6.92 Å². The molecule has 1 heterocycles. The monoisotopic (exact) mass is 168 g/mol. The van der Waals surface area contributed by atoms with Crippen LogP contribution >= 0.6 is 12.2 Å². The van der Waals surface area contributed by atoms with Gasteiger partial charge in [0.2, 0.25) is 0 Å². The first-order chi connectivity index (χ1) is 5.18. The van der Waals surface area contributed by atoms with Crippen LogP contribution in [0.4, 0.5) is 5.69 Å². The Kier molecular flexibility index (Phi) is 2.32. The third kappa shape index (κ3) is 2.46. The van der Waals surface area contributed by atoms with Crippen LogP contribution < -0.4 is 11.1 Å². The van der Waals surface area contributed by atoms with Crippen LogP contribution in [0.1, 0.15) is 5.82 Å². The van der Waals surface area contributed by atoms with Gasteiger partial charge in [-0.1, -0.05) is 0 Å². The first-order valence-electron chi connectivity index (χ1n) is 3.03. The van der Waals surface area contributed by atoms with Crippen molar-refractivity contribution < 1.29 is 0 Å². The van der Waals surface area contributed by atoms with Gasteiger partial charge in [-0.2, -0.15) is 0 Å². The van der Waals surface area contributed by atoms with Gasteiger partial charge in [-0.25, -0.2) is 9.97 Å². The van der Waals surface area contributed by atoms with Gasteiger partial charge in [0.15, 0.2) is 5.11 Å². The zero-order valence-corrected chi connectivity index (χ0v) is 6.85.